The standard InChI is InChI=1S/C8H18NP/c1-6(2)9(10)8-4-7(3)5-8/h6-8H,4-5,10H2,1-3H3. The van der Waals surface area contributed by atoms with Crippen molar-refractivity contribution in [3.05, 3.63) is 0 Å². The molecule has 1 aliphatic rings. The molecular weight excluding hydrogens is 141 g/mol. The predicted octanol–water partition coefficient (Wildman–Crippen LogP) is 2.29. The maximum absolute atomic E-state index is 2.83. The van der Waals surface area contributed by atoms with Crippen molar-refractivity contribution in [2.45, 2.75) is 45.7 Å². The lowest BCUT2D eigenvalue weighted by Gasteiger charge is -2.41. The fourth-order valence-corrected chi connectivity index (χ4v) is 1.77. The fraction of sp³-hybridized carbons (Fsp3) is 1.00. The normalized spacial score (nSPS) is 33.0. The third kappa shape index (κ3) is 1.71. The van der Waals surface area contributed by atoms with Crippen LogP contribution >= 0.6 is 9.39 Å². The molecule has 1 rings (SSSR count). The molecule has 0 spiro atoms. The van der Waals surface area contributed by atoms with Gasteiger partial charge in [-0.1, -0.05) is 16.3 Å². The Labute approximate surface area is 66.4 Å². The van der Waals surface area contributed by atoms with Crippen LogP contribution in [0.4, 0.5) is 0 Å². The third-order valence-electron chi connectivity index (χ3n) is 2.37. The first-order valence-corrected chi connectivity index (χ1v) is 4.66. The summed E-state index contributed by atoms with van der Waals surface area (Å²) in [5.41, 5.74) is 0. The first-order chi connectivity index (χ1) is 4.61. The number of hydrogen-bond donors (Lipinski definition) is 0. The monoisotopic (exact) mass is 159 g/mol. The summed E-state index contributed by atoms with van der Waals surface area (Å²) < 4.78 is 2.40. The molecule has 0 radical (unpaired) electrons. The summed E-state index contributed by atoms with van der Waals surface area (Å²) in [6.07, 6.45) is 2.78. The van der Waals surface area contributed by atoms with E-state index in [0.29, 0.717) is 6.04 Å². The molecular formula is C8H18NP. The van der Waals surface area contributed by atoms with E-state index in [1.165, 1.54) is 12.8 Å². The largest absolute Gasteiger partial charge is 0.282 e. The molecule has 0 bridgehead atoms. The quantitative estimate of drug-likeness (QED) is 0.559. The maximum atomic E-state index is 2.83. The van der Waals surface area contributed by atoms with E-state index in [9.17, 15) is 0 Å². The predicted molar refractivity (Wildman–Crippen MR) is 48.9 cm³/mol. The van der Waals surface area contributed by atoms with Crippen LogP contribution < -0.4 is 0 Å². The van der Waals surface area contributed by atoms with Crippen LogP contribution in [0.3, 0.4) is 0 Å². The summed E-state index contributed by atoms with van der Waals surface area (Å²) in [6, 6.07) is 1.53. The van der Waals surface area contributed by atoms with Crippen LogP contribution in [0.15, 0.2) is 0 Å². The van der Waals surface area contributed by atoms with Crippen LogP contribution in [-0.2, 0) is 0 Å². The second kappa shape index (κ2) is 3.19. The summed E-state index contributed by atoms with van der Waals surface area (Å²) in [7, 11) is 2.83. The highest BCUT2D eigenvalue weighted by molar-refractivity contribution is 7.13. The summed E-state index contributed by atoms with van der Waals surface area (Å²) in [5, 5.41) is 0. The van der Waals surface area contributed by atoms with Crippen molar-refractivity contribution in [1.82, 2.24) is 4.67 Å². The minimum atomic E-state index is 0.683. The van der Waals surface area contributed by atoms with Gasteiger partial charge >= 0.3 is 0 Å². The Morgan fingerprint density at radius 3 is 2.20 bits per heavy atom. The van der Waals surface area contributed by atoms with Gasteiger partial charge in [-0.3, -0.25) is 4.67 Å². The Balaban J connectivity index is 2.24. The van der Waals surface area contributed by atoms with E-state index in [1.807, 2.05) is 0 Å². The lowest BCUT2D eigenvalue weighted by molar-refractivity contribution is 0.146. The van der Waals surface area contributed by atoms with E-state index in [-0.39, 0.29) is 0 Å². The minimum Gasteiger partial charge on any atom is -0.282 e. The fourth-order valence-electron chi connectivity index (χ4n) is 1.52. The van der Waals surface area contributed by atoms with Crippen LogP contribution in [0.2, 0.25) is 0 Å². The average Bonchev–Trinajstić information content (AvgIpc) is 1.79. The molecule has 1 fully saturated rings. The van der Waals surface area contributed by atoms with Gasteiger partial charge in [-0.25, -0.2) is 0 Å². The van der Waals surface area contributed by atoms with E-state index in [4.69, 9.17) is 0 Å². The zero-order valence-corrected chi connectivity index (χ0v) is 8.33. The Morgan fingerprint density at radius 1 is 1.40 bits per heavy atom. The van der Waals surface area contributed by atoms with Crippen molar-refractivity contribution in [1.29, 1.82) is 0 Å². The van der Waals surface area contributed by atoms with E-state index in [2.05, 4.69) is 34.8 Å². The molecule has 0 saturated heterocycles. The van der Waals surface area contributed by atoms with Gasteiger partial charge in [0.15, 0.2) is 0 Å². The van der Waals surface area contributed by atoms with Gasteiger partial charge in [-0.15, -0.1) is 0 Å². The van der Waals surface area contributed by atoms with Crippen molar-refractivity contribution in [3.8, 4) is 0 Å². The van der Waals surface area contributed by atoms with Crippen molar-refractivity contribution >= 4 is 9.39 Å². The molecule has 0 aromatic rings. The molecule has 1 nitrogen and oxygen atoms in total. The first kappa shape index (κ1) is 8.49. The zero-order valence-electron chi connectivity index (χ0n) is 7.17. The average molecular weight is 159 g/mol. The Kier molecular flexibility index (Phi) is 2.71. The molecule has 1 saturated carbocycles. The van der Waals surface area contributed by atoms with Crippen LogP contribution in [-0.4, -0.2) is 16.8 Å². The second-order valence-corrected chi connectivity index (χ2v) is 4.37. The van der Waals surface area contributed by atoms with Crippen LogP contribution in [0.5, 0.6) is 0 Å². The number of rotatable bonds is 2. The molecule has 60 valence electrons. The van der Waals surface area contributed by atoms with Crippen molar-refractivity contribution in [2.24, 2.45) is 5.92 Å². The van der Waals surface area contributed by atoms with E-state index in [1.54, 1.807) is 0 Å². The topological polar surface area (TPSA) is 3.24 Å². The van der Waals surface area contributed by atoms with Crippen molar-refractivity contribution < 1.29 is 0 Å². The zero-order chi connectivity index (χ0) is 7.72. The molecule has 1 unspecified atom stereocenters. The molecule has 1 atom stereocenters. The van der Waals surface area contributed by atoms with Gasteiger partial charge in [-0.2, -0.15) is 0 Å². The van der Waals surface area contributed by atoms with E-state index < -0.39 is 0 Å². The molecule has 0 aliphatic heterocycles. The van der Waals surface area contributed by atoms with Crippen LogP contribution in [0.25, 0.3) is 0 Å². The Bertz CT molecular complexity index is 108. The molecule has 1 aliphatic carbocycles. The van der Waals surface area contributed by atoms with Crippen LogP contribution in [0, 0.1) is 5.92 Å². The molecule has 0 aromatic carbocycles. The van der Waals surface area contributed by atoms with Crippen molar-refractivity contribution in [2.75, 3.05) is 0 Å². The summed E-state index contributed by atoms with van der Waals surface area (Å²) in [6.45, 7) is 6.82. The third-order valence-corrected chi connectivity index (χ3v) is 3.38. The van der Waals surface area contributed by atoms with E-state index in [0.717, 1.165) is 12.0 Å². The highest BCUT2D eigenvalue weighted by Gasteiger charge is 2.29. The highest BCUT2D eigenvalue weighted by Crippen LogP contribution is 2.33. The lowest BCUT2D eigenvalue weighted by atomic mass is 9.81. The van der Waals surface area contributed by atoms with Gasteiger partial charge in [-0.05, 0) is 32.6 Å². The van der Waals surface area contributed by atoms with Gasteiger partial charge in [0.1, 0.15) is 0 Å². The molecule has 0 aromatic heterocycles. The molecule has 0 amide bonds. The van der Waals surface area contributed by atoms with E-state index >= 15 is 0 Å². The highest BCUT2D eigenvalue weighted by atomic mass is 31.0. The minimum absolute atomic E-state index is 0.683. The number of hydrogen-bond acceptors (Lipinski definition) is 1. The van der Waals surface area contributed by atoms with Crippen LogP contribution in [0.1, 0.15) is 33.6 Å². The number of nitrogens with zero attached hydrogens (tertiary/aromatic N) is 1. The van der Waals surface area contributed by atoms with Gasteiger partial charge in [0.2, 0.25) is 0 Å². The van der Waals surface area contributed by atoms with Gasteiger partial charge in [0.05, 0.1) is 0 Å². The molecule has 2 heteroatoms. The van der Waals surface area contributed by atoms with Gasteiger partial charge in [0.25, 0.3) is 0 Å². The summed E-state index contributed by atoms with van der Waals surface area (Å²) >= 11 is 0. The van der Waals surface area contributed by atoms with Gasteiger partial charge < -0.3 is 0 Å². The Morgan fingerprint density at radius 2 is 1.90 bits per heavy atom. The summed E-state index contributed by atoms with van der Waals surface area (Å²) in [4.78, 5) is 0. The van der Waals surface area contributed by atoms with Gasteiger partial charge in [0, 0.05) is 12.1 Å². The van der Waals surface area contributed by atoms with Crippen molar-refractivity contribution in [3.63, 3.8) is 0 Å². The first-order valence-electron chi connectivity index (χ1n) is 4.14. The molecule has 0 heterocycles. The molecule has 10 heavy (non-hydrogen) atoms. The maximum Gasteiger partial charge on any atom is 0.0137 e. The smallest absolute Gasteiger partial charge is 0.0137 e. The SMILES string of the molecule is CC1CC(N(P)C(C)C)C1. The lowest BCUT2D eigenvalue weighted by Crippen LogP contribution is -2.41. The summed E-state index contributed by atoms with van der Waals surface area (Å²) in [5.74, 6) is 0.965. The second-order valence-electron chi connectivity index (χ2n) is 3.77. The molecule has 0 N–H and O–H groups in total. The Hall–Kier alpha value is 0.390.